The molecule has 0 fully saturated rings. The van der Waals surface area contributed by atoms with E-state index in [0.29, 0.717) is 45.9 Å². The zero-order valence-electron chi connectivity index (χ0n) is 3.12. The summed E-state index contributed by atoms with van der Waals surface area (Å²) in [5.41, 5.74) is 0. The molecule has 0 aromatic carbocycles. The van der Waals surface area contributed by atoms with E-state index < -0.39 is 14.2 Å². The maximum absolute atomic E-state index is 8.44. The van der Waals surface area contributed by atoms with E-state index >= 15 is 0 Å². The molecule has 0 aromatic rings. The standard InChI is InChI=1S/H4O4Se.2Sn/c1-5(2,3)4;;/h1-4H;;/q;2*+2/p-2. The molecular weight excluding hydrogens is 380 g/mol. The van der Waals surface area contributed by atoms with Gasteiger partial charge in [-0.3, -0.25) is 0 Å². The Balaban J connectivity index is 3.36. The SMILES string of the molecule is O[Se](O)([O][Sn+])[O][Sn+]. The van der Waals surface area contributed by atoms with Crippen molar-refractivity contribution in [3.05, 3.63) is 0 Å². The van der Waals surface area contributed by atoms with E-state index in [0.717, 1.165) is 0 Å². The van der Waals surface area contributed by atoms with E-state index in [1.165, 1.54) is 0 Å². The van der Waals surface area contributed by atoms with Crippen LogP contribution in [0.3, 0.4) is 0 Å². The van der Waals surface area contributed by atoms with E-state index in [-0.39, 0.29) is 0 Å². The van der Waals surface area contributed by atoms with Gasteiger partial charge in [-0.25, -0.2) is 0 Å². The van der Waals surface area contributed by atoms with Crippen LogP contribution in [0.4, 0.5) is 0 Å². The van der Waals surface area contributed by atoms with E-state index in [1.807, 2.05) is 0 Å². The fourth-order valence-corrected chi connectivity index (χ4v) is 3.98. The number of hydrogen-bond donors (Lipinski definition) is 2. The Kier molecular flexibility index (Phi) is 4.97. The first-order valence-electron chi connectivity index (χ1n) is 1.11. The first-order valence-corrected chi connectivity index (χ1v) is 6.37. The second kappa shape index (κ2) is 3.88. The van der Waals surface area contributed by atoms with Crippen LogP contribution in [0.15, 0.2) is 0 Å². The van der Waals surface area contributed by atoms with Crippen molar-refractivity contribution in [1.29, 1.82) is 0 Å². The van der Waals surface area contributed by atoms with Gasteiger partial charge in [0, 0.05) is 0 Å². The molecule has 2 N–H and O–H groups in total. The molecule has 0 aromatic heterocycles. The Bertz CT molecular complexity index is 47.7. The predicted octanol–water partition coefficient (Wildman–Crippen LogP) is -2.39. The Morgan fingerprint density at radius 3 is 1.43 bits per heavy atom. The van der Waals surface area contributed by atoms with Crippen LogP contribution < -0.4 is 0 Å². The summed E-state index contributed by atoms with van der Waals surface area (Å²) < 4.78 is 25.4. The van der Waals surface area contributed by atoms with Gasteiger partial charge in [0.2, 0.25) is 0 Å². The minimum atomic E-state index is -3.73. The van der Waals surface area contributed by atoms with Crippen LogP contribution >= 0.6 is 0 Å². The topological polar surface area (TPSA) is 58.9 Å². The van der Waals surface area contributed by atoms with Crippen LogP contribution in [-0.4, -0.2) is 68.4 Å². The molecule has 0 aliphatic rings. The van der Waals surface area contributed by atoms with Gasteiger partial charge in [-0.15, -0.1) is 0 Å². The van der Waals surface area contributed by atoms with Crippen LogP contribution in [0.5, 0.6) is 0 Å². The Hall–Kier alpha value is 1.96. The van der Waals surface area contributed by atoms with Crippen molar-refractivity contribution in [1.82, 2.24) is 0 Å². The summed E-state index contributed by atoms with van der Waals surface area (Å²) in [6.07, 6.45) is 0. The first-order chi connectivity index (χ1) is 3.12. The van der Waals surface area contributed by atoms with Gasteiger partial charge in [0.1, 0.15) is 0 Å². The van der Waals surface area contributed by atoms with Crippen LogP contribution in [0, 0.1) is 0 Å². The molecule has 7 heteroatoms. The molecule has 0 saturated heterocycles. The average Bonchev–Trinajstić information content (AvgIpc) is 1.68. The molecule has 0 saturated carbocycles. The molecule has 4 radical (unpaired) electrons. The molecule has 0 heterocycles. The Labute approximate surface area is 72.0 Å². The van der Waals surface area contributed by atoms with Crippen molar-refractivity contribution < 1.29 is 12.7 Å². The van der Waals surface area contributed by atoms with Crippen molar-refractivity contribution in [2.75, 3.05) is 0 Å². The van der Waals surface area contributed by atoms with Crippen molar-refractivity contribution >= 4 is 60.0 Å². The summed E-state index contributed by atoms with van der Waals surface area (Å²) in [6.45, 7) is 0. The second-order valence-corrected chi connectivity index (χ2v) is 8.14. The second-order valence-electron chi connectivity index (χ2n) is 0.615. The van der Waals surface area contributed by atoms with Crippen LogP contribution in [-0.2, 0) is 4.31 Å². The maximum atomic E-state index is 8.44. The van der Waals surface area contributed by atoms with Gasteiger partial charge in [0.15, 0.2) is 0 Å². The summed E-state index contributed by atoms with van der Waals surface area (Å²) in [5, 5.41) is 0. The van der Waals surface area contributed by atoms with Gasteiger partial charge < -0.3 is 0 Å². The zero-order chi connectivity index (χ0) is 5.91. The van der Waals surface area contributed by atoms with Crippen molar-refractivity contribution in [2.45, 2.75) is 0 Å². The molecule has 38 valence electrons. The third kappa shape index (κ3) is 4.46. The van der Waals surface area contributed by atoms with E-state index in [9.17, 15) is 0 Å². The Morgan fingerprint density at radius 1 is 1.14 bits per heavy atom. The quantitative estimate of drug-likeness (QED) is 0.524. The molecule has 0 atom stereocenters. The Morgan fingerprint density at radius 2 is 1.43 bits per heavy atom. The molecule has 4 nitrogen and oxygen atoms in total. The van der Waals surface area contributed by atoms with Gasteiger partial charge >= 0.3 is 72.7 Å². The predicted molar refractivity (Wildman–Crippen MR) is 23.9 cm³/mol. The molecular formula is H2O4SeSn2+2. The summed E-state index contributed by atoms with van der Waals surface area (Å²) in [5.74, 6) is 0. The zero-order valence-corrected chi connectivity index (χ0v) is 10.5. The van der Waals surface area contributed by atoms with E-state index in [4.69, 9.17) is 8.38 Å². The summed E-state index contributed by atoms with van der Waals surface area (Å²) in [4.78, 5) is 0. The fourth-order valence-electron chi connectivity index (χ4n) is 0.0170. The molecule has 0 amide bonds. The normalized spacial score (nSPS) is 14.0. The molecule has 0 rings (SSSR count). The molecule has 0 aliphatic carbocycles. The molecule has 7 heavy (non-hydrogen) atoms. The van der Waals surface area contributed by atoms with Crippen molar-refractivity contribution in [3.8, 4) is 0 Å². The molecule has 0 unspecified atom stereocenters. The average molecular weight is 382 g/mol. The number of hydrogen-bond acceptors (Lipinski definition) is 4. The number of rotatable bonds is 2. The van der Waals surface area contributed by atoms with E-state index in [1.54, 1.807) is 0 Å². The van der Waals surface area contributed by atoms with Crippen molar-refractivity contribution in [3.63, 3.8) is 0 Å². The minimum absolute atomic E-state index is 0.627. The molecule has 0 aliphatic heterocycles. The van der Waals surface area contributed by atoms with Gasteiger partial charge in [-0.1, -0.05) is 0 Å². The van der Waals surface area contributed by atoms with Gasteiger partial charge in [-0.2, -0.15) is 0 Å². The van der Waals surface area contributed by atoms with E-state index in [2.05, 4.69) is 4.31 Å². The third-order valence-corrected chi connectivity index (χ3v) is 7.57. The van der Waals surface area contributed by atoms with Crippen LogP contribution in [0.2, 0.25) is 0 Å². The summed E-state index contributed by atoms with van der Waals surface area (Å²) in [7, 11) is 0. The van der Waals surface area contributed by atoms with Crippen LogP contribution in [0.25, 0.3) is 0 Å². The van der Waals surface area contributed by atoms with Crippen molar-refractivity contribution in [2.24, 2.45) is 0 Å². The van der Waals surface area contributed by atoms with Crippen LogP contribution in [0.1, 0.15) is 0 Å². The third-order valence-electron chi connectivity index (χ3n) is 0.217. The summed E-state index contributed by atoms with van der Waals surface area (Å²) >= 11 is -2.47. The monoisotopic (exact) mass is 386 g/mol. The first kappa shape index (κ1) is 8.96. The molecule has 0 bridgehead atoms. The molecule has 0 spiro atoms. The summed E-state index contributed by atoms with van der Waals surface area (Å²) in [6, 6.07) is 0. The van der Waals surface area contributed by atoms with Gasteiger partial charge in [0.25, 0.3) is 0 Å². The van der Waals surface area contributed by atoms with Gasteiger partial charge in [-0.05, 0) is 0 Å². The fraction of sp³-hybridized carbons (Fsp3) is 0. The van der Waals surface area contributed by atoms with Gasteiger partial charge in [0.05, 0.1) is 0 Å².